The smallest absolute Gasteiger partial charge is 0.110 e. The van der Waals surface area contributed by atoms with Gasteiger partial charge < -0.3 is 4.57 Å². The molecule has 2 aromatic heterocycles. The molecule has 0 aliphatic carbocycles. The third kappa shape index (κ3) is 2.51. The molecule has 1 aliphatic heterocycles. The summed E-state index contributed by atoms with van der Waals surface area (Å²) in [6.07, 6.45) is 4.03. The van der Waals surface area contributed by atoms with E-state index in [1.54, 1.807) is 0 Å². The fourth-order valence-corrected chi connectivity index (χ4v) is 4.06. The van der Waals surface area contributed by atoms with Crippen LogP contribution >= 0.6 is 11.6 Å². The second kappa shape index (κ2) is 6.26. The molecule has 2 aromatic carbocycles. The number of fused-ring (bicyclic) bond motifs is 3. The zero-order valence-corrected chi connectivity index (χ0v) is 15.0. The van der Waals surface area contributed by atoms with Crippen molar-refractivity contribution < 1.29 is 0 Å². The molecule has 0 radical (unpaired) electrons. The Bertz CT molecular complexity index is 1070. The topological polar surface area (TPSA) is 30.7 Å². The van der Waals surface area contributed by atoms with Crippen LogP contribution in [0.1, 0.15) is 29.5 Å². The highest BCUT2D eigenvalue weighted by molar-refractivity contribution is 6.16. The Labute approximate surface area is 157 Å². The number of hydrogen-bond acceptors (Lipinski definition) is 2. The predicted octanol–water partition coefficient (Wildman–Crippen LogP) is 5.37. The molecule has 0 saturated carbocycles. The monoisotopic (exact) mass is 359 g/mol. The van der Waals surface area contributed by atoms with Crippen molar-refractivity contribution in [2.45, 2.75) is 24.8 Å². The van der Waals surface area contributed by atoms with E-state index in [1.165, 1.54) is 16.9 Å². The summed E-state index contributed by atoms with van der Waals surface area (Å²) in [6.45, 7) is 0. The fraction of sp³-hybridized carbons (Fsp3) is 0.182. The second-order valence-electron chi connectivity index (χ2n) is 6.74. The maximum atomic E-state index is 5.85. The van der Waals surface area contributed by atoms with E-state index in [4.69, 9.17) is 16.6 Å². The molecule has 0 amide bonds. The molecule has 0 fully saturated rings. The van der Waals surface area contributed by atoms with E-state index in [1.807, 2.05) is 12.3 Å². The summed E-state index contributed by atoms with van der Waals surface area (Å²) in [5.41, 5.74) is 6.77. The summed E-state index contributed by atoms with van der Waals surface area (Å²) in [6, 6.07) is 21.6. The Morgan fingerprint density at radius 2 is 1.85 bits per heavy atom. The Morgan fingerprint density at radius 3 is 2.62 bits per heavy atom. The Hall–Kier alpha value is -2.65. The lowest BCUT2D eigenvalue weighted by Gasteiger charge is -2.15. The van der Waals surface area contributed by atoms with Crippen LogP contribution in [-0.4, -0.2) is 14.5 Å². The number of rotatable bonds is 3. The molecule has 128 valence electrons. The number of pyridine rings is 1. The van der Waals surface area contributed by atoms with Crippen molar-refractivity contribution >= 4 is 22.6 Å². The van der Waals surface area contributed by atoms with Crippen LogP contribution in [0.4, 0.5) is 0 Å². The van der Waals surface area contributed by atoms with Crippen molar-refractivity contribution in [1.29, 1.82) is 0 Å². The van der Waals surface area contributed by atoms with E-state index in [9.17, 15) is 0 Å². The van der Waals surface area contributed by atoms with E-state index in [0.717, 1.165) is 35.2 Å². The van der Waals surface area contributed by atoms with E-state index in [-0.39, 0.29) is 0 Å². The molecule has 3 heterocycles. The lowest BCUT2D eigenvalue weighted by molar-refractivity contribution is 0.637. The van der Waals surface area contributed by atoms with Crippen molar-refractivity contribution in [3.05, 3.63) is 83.9 Å². The zero-order chi connectivity index (χ0) is 17.5. The van der Waals surface area contributed by atoms with Gasteiger partial charge in [-0.15, -0.1) is 11.6 Å². The lowest BCUT2D eigenvalue weighted by Crippen LogP contribution is -2.05. The highest BCUT2D eigenvalue weighted by Gasteiger charge is 2.27. The summed E-state index contributed by atoms with van der Waals surface area (Å²) in [5, 5.41) is 0. The predicted molar refractivity (Wildman–Crippen MR) is 105 cm³/mol. The Balaban J connectivity index is 1.62. The molecule has 4 heteroatoms. The molecule has 0 spiro atoms. The molecule has 1 unspecified atom stereocenters. The number of alkyl halides is 1. The molecule has 1 aliphatic rings. The molecular formula is C22H18ClN3. The minimum absolute atomic E-state index is 0.364. The van der Waals surface area contributed by atoms with Gasteiger partial charge in [0.05, 0.1) is 28.6 Å². The number of nitrogens with zero attached hydrogens (tertiary/aromatic N) is 3. The normalized spacial score (nSPS) is 16.1. The summed E-state index contributed by atoms with van der Waals surface area (Å²) >= 11 is 5.85. The van der Waals surface area contributed by atoms with Crippen LogP contribution in [0.2, 0.25) is 0 Å². The van der Waals surface area contributed by atoms with E-state index in [0.29, 0.717) is 11.9 Å². The van der Waals surface area contributed by atoms with Gasteiger partial charge in [0.15, 0.2) is 0 Å². The molecule has 4 aromatic rings. The Morgan fingerprint density at radius 1 is 1.00 bits per heavy atom. The molecule has 0 saturated heterocycles. The van der Waals surface area contributed by atoms with Gasteiger partial charge in [-0.1, -0.05) is 42.5 Å². The summed E-state index contributed by atoms with van der Waals surface area (Å²) in [5.74, 6) is 1.62. The van der Waals surface area contributed by atoms with Crippen LogP contribution in [0.5, 0.6) is 0 Å². The quantitative estimate of drug-likeness (QED) is 0.460. The minimum Gasteiger partial charge on any atom is -0.320 e. The van der Waals surface area contributed by atoms with Crippen molar-refractivity contribution in [2.24, 2.45) is 0 Å². The SMILES string of the molecule is ClCc1ccc(-c2ccc3nc4n(c3c2)C(c2ccccc2)CC4)cn1. The van der Waals surface area contributed by atoms with Crippen molar-refractivity contribution in [3.63, 3.8) is 0 Å². The number of aryl methyl sites for hydroxylation is 1. The zero-order valence-electron chi connectivity index (χ0n) is 14.3. The first-order chi connectivity index (χ1) is 12.8. The lowest BCUT2D eigenvalue weighted by atomic mass is 10.0. The number of hydrogen-bond donors (Lipinski definition) is 0. The molecular weight excluding hydrogens is 342 g/mol. The van der Waals surface area contributed by atoms with Crippen LogP contribution in [0, 0.1) is 0 Å². The molecule has 5 rings (SSSR count). The highest BCUT2D eigenvalue weighted by atomic mass is 35.5. The third-order valence-corrected chi connectivity index (χ3v) is 5.47. The molecule has 1 atom stereocenters. The average molecular weight is 360 g/mol. The third-order valence-electron chi connectivity index (χ3n) is 5.19. The van der Waals surface area contributed by atoms with Gasteiger partial charge in [-0.3, -0.25) is 4.98 Å². The first-order valence-corrected chi connectivity index (χ1v) is 9.44. The maximum absolute atomic E-state index is 5.85. The summed E-state index contributed by atoms with van der Waals surface area (Å²) in [4.78, 5) is 9.28. The van der Waals surface area contributed by atoms with Gasteiger partial charge in [0.25, 0.3) is 0 Å². The first kappa shape index (κ1) is 15.6. The maximum Gasteiger partial charge on any atom is 0.110 e. The van der Waals surface area contributed by atoms with E-state index in [2.05, 4.69) is 64.1 Å². The second-order valence-corrected chi connectivity index (χ2v) is 7.01. The number of imidazole rings is 1. The van der Waals surface area contributed by atoms with Gasteiger partial charge in [-0.05, 0) is 35.7 Å². The standard InChI is InChI=1S/C22H18ClN3/c23-13-18-8-6-17(14-24-18)16-7-9-19-21(12-16)26-20(10-11-22(26)25-19)15-4-2-1-3-5-15/h1-9,12,14,20H,10-11,13H2. The largest absolute Gasteiger partial charge is 0.320 e. The van der Waals surface area contributed by atoms with Gasteiger partial charge >= 0.3 is 0 Å². The van der Waals surface area contributed by atoms with Crippen molar-refractivity contribution in [2.75, 3.05) is 0 Å². The fourth-order valence-electron chi connectivity index (χ4n) is 3.91. The molecule has 0 N–H and O–H groups in total. The molecule has 0 bridgehead atoms. The van der Waals surface area contributed by atoms with Crippen LogP contribution < -0.4 is 0 Å². The van der Waals surface area contributed by atoms with Gasteiger partial charge in [-0.2, -0.15) is 0 Å². The van der Waals surface area contributed by atoms with E-state index >= 15 is 0 Å². The molecule has 3 nitrogen and oxygen atoms in total. The van der Waals surface area contributed by atoms with Gasteiger partial charge in [0.1, 0.15) is 5.82 Å². The van der Waals surface area contributed by atoms with E-state index < -0.39 is 0 Å². The van der Waals surface area contributed by atoms with Gasteiger partial charge in [0.2, 0.25) is 0 Å². The number of aromatic nitrogens is 3. The minimum atomic E-state index is 0.364. The summed E-state index contributed by atoms with van der Waals surface area (Å²) in [7, 11) is 0. The number of halogens is 1. The van der Waals surface area contributed by atoms with Crippen LogP contribution in [0.25, 0.3) is 22.2 Å². The number of benzene rings is 2. The van der Waals surface area contributed by atoms with Crippen LogP contribution in [-0.2, 0) is 12.3 Å². The Kier molecular flexibility index (Phi) is 3.75. The van der Waals surface area contributed by atoms with Gasteiger partial charge in [-0.25, -0.2) is 4.98 Å². The molecule has 26 heavy (non-hydrogen) atoms. The van der Waals surface area contributed by atoms with Crippen molar-refractivity contribution in [1.82, 2.24) is 14.5 Å². The first-order valence-electron chi connectivity index (χ1n) is 8.90. The summed E-state index contributed by atoms with van der Waals surface area (Å²) < 4.78 is 2.41. The van der Waals surface area contributed by atoms with Crippen LogP contribution in [0.15, 0.2) is 66.9 Å². The average Bonchev–Trinajstić information content (AvgIpc) is 3.27. The highest BCUT2D eigenvalue weighted by Crippen LogP contribution is 2.36. The van der Waals surface area contributed by atoms with Crippen molar-refractivity contribution in [3.8, 4) is 11.1 Å². The van der Waals surface area contributed by atoms with Crippen LogP contribution in [0.3, 0.4) is 0 Å². The van der Waals surface area contributed by atoms with Gasteiger partial charge in [0, 0.05) is 18.2 Å².